The third kappa shape index (κ3) is 6.06. The number of rotatable bonds is 6. The van der Waals surface area contributed by atoms with Crippen molar-refractivity contribution >= 4 is 23.2 Å². The Kier molecular flexibility index (Phi) is 5.69. The average molecular weight is 254 g/mol. The van der Waals surface area contributed by atoms with Gasteiger partial charge in [0.1, 0.15) is 0 Å². The van der Waals surface area contributed by atoms with Crippen molar-refractivity contribution in [2.75, 3.05) is 13.1 Å². The predicted molar refractivity (Wildman–Crippen MR) is 68.9 cm³/mol. The number of nitrogens with one attached hydrogen (secondary N) is 2. The van der Waals surface area contributed by atoms with Crippen LogP contribution in [0, 0.1) is 5.92 Å². The van der Waals surface area contributed by atoms with Gasteiger partial charge in [-0.25, -0.2) is 0 Å². The summed E-state index contributed by atoms with van der Waals surface area (Å²) in [5, 5.41) is 7.27. The Hall–Kier alpha value is -1.36. The summed E-state index contributed by atoms with van der Waals surface area (Å²) in [6, 6.07) is 3.81. The summed E-state index contributed by atoms with van der Waals surface area (Å²) in [6.45, 7) is 4.74. The molecule has 0 aliphatic rings. The summed E-state index contributed by atoms with van der Waals surface area (Å²) in [5.41, 5.74) is 0. The highest BCUT2D eigenvalue weighted by atomic mass is 32.1. The van der Waals surface area contributed by atoms with Crippen LogP contribution in [0.2, 0.25) is 0 Å². The van der Waals surface area contributed by atoms with E-state index in [-0.39, 0.29) is 18.4 Å². The van der Waals surface area contributed by atoms with Crippen LogP contribution < -0.4 is 10.6 Å². The number of thiophene rings is 1. The van der Waals surface area contributed by atoms with Crippen molar-refractivity contribution in [3.8, 4) is 0 Å². The highest BCUT2D eigenvalue weighted by molar-refractivity contribution is 7.10. The minimum Gasteiger partial charge on any atom is -0.354 e. The fourth-order valence-electron chi connectivity index (χ4n) is 1.19. The standard InChI is InChI=1S/C12H18N2O2S/c1-9(2)7-13-12(16)8-14-11(15)6-10-4-3-5-17-10/h3-5,9H,6-8H2,1-2H3,(H,13,16)(H,14,15). The molecule has 0 atom stereocenters. The van der Waals surface area contributed by atoms with Crippen LogP contribution in [0.4, 0.5) is 0 Å². The molecule has 1 aromatic heterocycles. The zero-order valence-electron chi connectivity index (χ0n) is 10.2. The predicted octanol–water partition coefficient (Wildman–Crippen LogP) is 1.18. The first-order valence-electron chi connectivity index (χ1n) is 5.63. The van der Waals surface area contributed by atoms with Gasteiger partial charge < -0.3 is 10.6 Å². The summed E-state index contributed by atoms with van der Waals surface area (Å²) in [6.07, 6.45) is 0.342. The monoisotopic (exact) mass is 254 g/mol. The van der Waals surface area contributed by atoms with Gasteiger partial charge in [0, 0.05) is 11.4 Å². The van der Waals surface area contributed by atoms with Crippen LogP contribution in [0.15, 0.2) is 17.5 Å². The van der Waals surface area contributed by atoms with E-state index in [1.165, 1.54) is 11.3 Å². The van der Waals surface area contributed by atoms with Crippen molar-refractivity contribution in [1.29, 1.82) is 0 Å². The summed E-state index contributed by atoms with van der Waals surface area (Å²) >= 11 is 1.54. The highest BCUT2D eigenvalue weighted by Crippen LogP contribution is 2.08. The Labute approximate surface area is 105 Å². The summed E-state index contributed by atoms with van der Waals surface area (Å²) in [7, 11) is 0. The molecule has 17 heavy (non-hydrogen) atoms. The number of hydrogen-bond donors (Lipinski definition) is 2. The van der Waals surface area contributed by atoms with Gasteiger partial charge >= 0.3 is 0 Å². The maximum Gasteiger partial charge on any atom is 0.239 e. The van der Waals surface area contributed by atoms with Crippen molar-refractivity contribution in [1.82, 2.24) is 10.6 Å². The van der Waals surface area contributed by atoms with Gasteiger partial charge in [0.15, 0.2) is 0 Å². The molecular formula is C12H18N2O2S. The molecule has 94 valence electrons. The van der Waals surface area contributed by atoms with Crippen LogP contribution in [-0.2, 0) is 16.0 Å². The minimum atomic E-state index is -0.141. The second kappa shape index (κ2) is 7.06. The molecule has 0 saturated heterocycles. The Morgan fingerprint density at radius 2 is 2.06 bits per heavy atom. The molecule has 2 N–H and O–H groups in total. The maximum absolute atomic E-state index is 11.5. The number of hydrogen-bond acceptors (Lipinski definition) is 3. The third-order valence-electron chi connectivity index (χ3n) is 2.07. The number of carbonyl (C=O) groups excluding carboxylic acids is 2. The lowest BCUT2D eigenvalue weighted by molar-refractivity contribution is -0.125. The molecular weight excluding hydrogens is 236 g/mol. The van der Waals surface area contributed by atoms with E-state index in [0.717, 1.165) is 4.88 Å². The SMILES string of the molecule is CC(C)CNC(=O)CNC(=O)Cc1cccs1. The molecule has 1 aromatic rings. The first kappa shape index (κ1) is 13.7. The molecule has 0 aliphatic carbocycles. The summed E-state index contributed by atoms with van der Waals surface area (Å²) < 4.78 is 0. The topological polar surface area (TPSA) is 58.2 Å². The molecule has 2 amide bonds. The molecule has 0 unspecified atom stereocenters. The van der Waals surface area contributed by atoms with Crippen molar-refractivity contribution in [2.45, 2.75) is 20.3 Å². The lowest BCUT2D eigenvalue weighted by atomic mass is 10.2. The largest absolute Gasteiger partial charge is 0.354 e. The van der Waals surface area contributed by atoms with E-state index in [4.69, 9.17) is 0 Å². The zero-order chi connectivity index (χ0) is 12.7. The van der Waals surface area contributed by atoms with E-state index >= 15 is 0 Å². The zero-order valence-corrected chi connectivity index (χ0v) is 11.0. The van der Waals surface area contributed by atoms with Gasteiger partial charge in [-0.1, -0.05) is 19.9 Å². The summed E-state index contributed by atoms with van der Waals surface area (Å²) in [4.78, 5) is 23.8. The van der Waals surface area contributed by atoms with Gasteiger partial charge in [0.25, 0.3) is 0 Å². The van der Waals surface area contributed by atoms with Gasteiger partial charge in [0.2, 0.25) is 11.8 Å². The third-order valence-corrected chi connectivity index (χ3v) is 2.94. The first-order valence-corrected chi connectivity index (χ1v) is 6.51. The fraction of sp³-hybridized carbons (Fsp3) is 0.500. The maximum atomic E-state index is 11.5. The highest BCUT2D eigenvalue weighted by Gasteiger charge is 2.07. The van der Waals surface area contributed by atoms with Crippen molar-refractivity contribution in [3.05, 3.63) is 22.4 Å². The average Bonchev–Trinajstić information content (AvgIpc) is 2.76. The van der Waals surface area contributed by atoms with Gasteiger partial charge in [0.05, 0.1) is 13.0 Å². The van der Waals surface area contributed by atoms with E-state index < -0.39 is 0 Å². The second-order valence-corrected chi connectivity index (χ2v) is 5.26. The Morgan fingerprint density at radius 3 is 2.65 bits per heavy atom. The molecule has 0 radical (unpaired) electrons. The van der Waals surface area contributed by atoms with Crippen molar-refractivity contribution in [3.63, 3.8) is 0 Å². The number of amides is 2. The summed E-state index contributed by atoms with van der Waals surface area (Å²) in [5.74, 6) is 0.158. The van der Waals surface area contributed by atoms with Crippen LogP contribution in [0.25, 0.3) is 0 Å². The van der Waals surface area contributed by atoms with E-state index in [1.54, 1.807) is 0 Å². The molecule has 0 saturated carbocycles. The van der Waals surface area contributed by atoms with Gasteiger partial charge in [-0.2, -0.15) is 0 Å². The van der Waals surface area contributed by atoms with Crippen molar-refractivity contribution in [2.24, 2.45) is 5.92 Å². The second-order valence-electron chi connectivity index (χ2n) is 4.23. The van der Waals surface area contributed by atoms with Crippen LogP contribution in [-0.4, -0.2) is 24.9 Å². The van der Waals surface area contributed by atoms with Crippen LogP contribution in [0.3, 0.4) is 0 Å². The minimum absolute atomic E-state index is 0.0525. The van der Waals surface area contributed by atoms with E-state index in [1.807, 2.05) is 31.4 Å². The Bertz CT molecular complexity index is 361. The normalized spacial score (nSPS) is 10.3. The molecule has 5 heteroatoms. The van der Waals surface area contributed by atoms with Crippen LogP contribution in [0.5, 0.6) is 0 Å². The smallest absolute Gasteiger partial charge is 0.239 e. The fourth-order valence-corrected chi connectivity index (χ4v) is 1.90. The molecule has 0 aliphatic heterocycles. The molecule has 0 spiro atoms. The molecule has 1 heterocycles. The first-order chi connectivity index (χ1) is 8.08. The van der Waals surface area contributed by atoms with Gasteiger partial charge in [-0.3, -0.25) is 9.59 Å². The molecule has 0 fully saturated rings. The molecule has 1 rings (SSSR count). The van der Waals surface area contributed by atoms with Gasteiger partial charge in [-0.15, -0.1) is 11.3 Å². The number of carbonyl (C=O) groups is 2. The Balaban J connectivity index is 2.17. The van der Waals surface area contributed by atoms with Gasteiger partial charge in [-0.05, 0) is 17.4 Å². The molecule has 0 aromatic carbocycles. The van der Waals surface area contributed by atoms with Crippen molar-refractivity contribution < 1.29 is 9.59 Å². The van der Waals surface area contributed by atoms with Crippen LogP contribution in [0.1, 0.15) is 18.7 Å². The van der Waals surface area contributed by atoms with E-state index in [0.29, 0.717) is 18.9 Å². The Morgan fingerprint density at radius 1 is 1.29 bits per heavy atom. The quantitative estimate of drug-likeness (QED) is 0.801. The molecule has 4 nitrogen and oxygen atoms in total. The van der Waals surface area contributed by atoms with E-state index in [2.05, 4.69) is 10.6 Å². The lowest BCUT2D eigenvalue weighted by Gasteiger charge is -2.08. The lowest BCUT2D eigenvalue weighted by Crippen LogP contribution is -2.38. The van der Waals surface area contributed by atoms with E-state index in [9.17, 15) is 9.59 Å². The van der Waals surface area contributed by atoms with Crippen LogP contribution >= 0.6 is 11.3 Å². The molecule has 0 bridgehead atoms.